The molecule has 4 rings (SSSR count). The number of hydrogen-bond donors (Lipinski definition) is 1. The van der Waals surface area contributed by atoms with Gasteiger partial charge >= 0.3 is 0 Å². The average Bonchev–Trinajstić information content (AvgIpc) is 3.39. The van der Waals surface area contributed by atoms with Crippen LogP contribution >= 0.6 is 23.4 Å². The van der Waals surface area contributed by atoms with Gasteiger partial charge in [0, 0.05) is 17.3 Å². The molecule has 0 spiro atoms. The number of anilines is 1. The number of aryl methyl sites for hydroxylation is 2. The van der Waals surface area contributed by atoms with Crippen LogP contribution in [0.3, 0.4) is 0 Å². The molecule has 1 aliphatic rings. The van der Waals surface area contributed by atoms with Crippen molar-refractivity contribution in [3.05, 3.63) is 58.6 Å². The second kappa shape index (κ2) is 9.23. The highest BCUT2D eigenvalue weighted by Crippen LogP contribution is 2.38. The molecule has 0 aliphatic heterocycles. The van der Waals surface area contributed by atoms with Gasteiger partial charge < -0.3 is 5.32 Å². The van der Waals surface area contributed by atoms with Crippen LogP contribution in [0.25, 0.3) is 11.4 Å². The fourth-order valence-electron chi connectivity index (χ4n) is 4.01. The maximum Gasteiger partial charge on any atom is 0.234 e. The minimum atomic E-state index is -0.0438. The van der Waals surface area contributed by atoms with Crippen molar-refractivity contribution in [2.24, 2.45) is 0 Å². The molecule has 7 heteroatoms. The van der Waals surface area contributed by atoms with Crippen LogP contribution in [0.15, 0.2) is 47.6 Å². The van der Waals surface area contributed by atoms with E-state index in [9.17, 15) is 4.79 Å². The molecule has 0 radical (unpaired) electrons. The van der Waals surface area contributed by atoms with Gasteiger partial charge in [0.05, 0.1) is 10.8 Å². The molecule has 0 atom stereocenters. The molecule has 1 aromatic heterocycles. The molecule has 0 bridgehead atoms. The molecule has 156 valence electrons. The van der Waals surface area contributed by atoms with Crippen molar-refractivity contribution in [3.8, 4) is 11.4 Å². The third-order valence-electron chi connectivity index (χ3n) is 5.55. The second-order valence-corrected chi connectivity index (χ2v) is 9.05. The topological polar surface area (TPSA) is 59.8 Å². The summed E-state index contributed by atoms with van der Waals surface area (Å²) in [5, 5.41) is 13.4. The molecule has 1 fully saturated rings. The van der Waals surface area contributed by atoms with Crippen LogP contribution in [0.2, 0.25) is 5.02 Å². The Bertz CT molecular complexity index is 1040. The first kappa shape index (κ1) is 20.9. The number of rotatable bonds is 6. The van der Waals surface area contributed by atoms with Gasteiger partial charge in [-0.05, 0) is 49.9 Å². The molecule has 0 unspecified atom stereocenters. The van der Waals surface area contributed by atoms with Gasteiger partial charge in [0.15, 0.2) is 11.0 Å². The van der Waals surface area contributed by atoms with E-state index in [2.05, 4.69) is 20.1 Å². The van der Waals surface area contributed by atoms with Gasteiger partial charge in [-0.3, -0.25) is 9.36 Å². The number of nitrogens with one attached hydrogen (secondary N) is 1. The largest absolute Gasteiger partial charge is 0.325 e. The Morgan fingerprint density at radius 3 is 2.50 bits per heavy atom. The number of amides is 1. The Hall–Kier alpha value is -2.31. The molecule has 5 nitrogen and oxygen atoms in total. The predicted octanol–water partition coefficient (Wildman–Crippen LogP) is 6.06. The van der Waals surface area contributed by atoms with E-state index in [1.807, 2.05) is 56.3 Å². The zero-order valence-corrected chi connectivity index (χ0v) is 18.8. The monoisotopic (exact) mass is 440 g/mol. The first-order valence-corrected chi connectivity index (χ1v) is 11.6. The number of thioether (sulfide) groups is 1. The summed E-state index contributed by atoms with van der Waals surface area (Å²) < 4.78 is 2.19. The minimum absolute atomic E-state index is 0.0438. The number of benzene rings is 2. The van der Waals surface area contributed by atoms with Gasteiger partial charge in [-0.2, -0.15) is 0 Å². The smallest absolute Gasteiger partial charge is 0.234 e. The highest BCUT2D eigenvalue weighted by atomic mass is 35.5. The zero-order valence-electron chi connectivity index (χ0n) is 17.2. The summed E-state index contributed by atoms with van der Waals surface area (Å²) in [5.74, 6) is 1.02. The quantitative estimate of drug-likeness (QED) is 0.473. The van der Waals surface area contributed by atoms with Crippen LogP contribution < -0.4 is 5.32 Å². The number of para-hydroxylation sites is 1. The van der Waals surface area contributed by atoms with Crippen molar-refractivity contribution in [3.63, 3.8) is 0 Å². The van der Waals surface area contributed by atoms with Gasteiger partial charge in [0.25, 0.3) is 0 Å². The van der Waals surface area contributed by atoms with Gasteiger partial charge in [-0.25, -0.2) is 0 Å². The Morgan fingerprint density at radius 1 is 1.10 bits per heavy atom. The third kappa shape index (κ3) is 4.40. The van der Waals surface area contributed by atoms with E-state index in [1.54, 1.807) is 0 Å². The molecule has 0 saturated heterocycles. The van der Waals surface area contributed by atoms with Crippen molar-refractivity contribution >= 4 is 35.0 Å². The van der Waals surface area contributed by atoms with Gasteiger partial charge in [-0.15, -0.1) is 10.2 Å². The number of halogens is 1. The van der Waals surface area contributed by atoms with Gasteiger partial charge in [0.1, 0.15) is 0 Å². The summed E-state index contributed by atoms with van der Waals surface area (Å²) in [6.07, 6.45) is 4.58. The van der Waals surface area contributed by atoms with E-state index in [4.69, 9.17) is 11.6 Å². The summed E-state index contributed by atoms with van der Waals surface area (Å²) in [6.45, 7) is 4.00. The van der Waals surface area contributed by atoms with Crippen molar-refractivity contribution in [1.82, 2.24) is 14.8 Å². The molecule has 1 heterocycles. The predicted molar refractivity (Wildman–Crippen MR) is 123 cm³/mol. The Balaban J connectivity index is 1.55. The maximum atomic E-state index is 12.6. The third-order valence-corrected chi connectivity index (χ3v) is 6.82. The summed E-state index contributed by atoms with van der Waals surface area (Å²) >= 11 is 7.87. The van der Waals surface area contributed by atoms with Gasteiger partial charge in [0.2, 0.25) is 5.91 Å². The molecule has 2 aromatic carbocycles. The molecule has 30 heavy (non-hydrogen) atoms. The van der Waals surface area contributed by atoms with Crippen LogP contribution in [0.1, 0.15) is 42.9 Å². The lowest BCUT2D eigenvalue weighted by atomic mass is 10.1. The van der Waals surface area contributed by atoms with Crippen molar-refractivity contribution in [2.75, 3.05) is 11.1 Å². The SMILES string of the molecule is Cc1cccc(C)c1NC(=O)CSc1nnc(-c2ccccc2Cl)n1C1CCCC1. The van der Waals surface area contributed by atoms with Crippen LogP contribution in [0.5, 0.6) is 0 Å². The van der Waals surface area contributed by atoms with E-state index in [0.29, 0.717) is 11.1 Å². The summed E-state index contributed by atoms with van der Waals surface area (Å²) in [6, 6.07) is 14.1. The highest BCUT2D eigenvalue weighted by molar-refractivity contribution is 7.99. The molecular formula is C23H25ClN4OS. The number of hydrogen-bond acceptors (Lipinski definition) is 4. The van der Waals surface area contributed by atoms with Gasteiger partial charge in [-0.1, -0.05) is 66.5 Å². The first-order chi connectivity index (χ1) is 14.5. The number of aromatic nitrogens is 3. The molecule has 1 N–H and O–H groups in total. The second-order valence-electron chi connectivity index (χ2n) is 7.70. The minimum Gasteiger partial charge on any atom is -0.325 e. The molecule has 1 aliphatic carbocycles. The summed E-state index contributed by atoms with van der Waals surface area (Å²) in [7, 11) is 0. The zero-order chi connectivity index (χ0) is 21.1. The van der Waals surface area contributed by atoms with Crippen LogP contribution in [-0.4, -0.2) is 26.4 Å². The van der Waals surface area contributed by atoms with E-state index in [-0.39, 0.29) is 11.7 Å². The van der Waals surface area contributed by atoms with Crippen LogP contribution in [0, 0.1) is 13.8 Å². The number of nitrogens with zero attached hydrogens (tertiary/aromatic N) is 3. The Kier molecular flexibility index (Phi) is 6.44. The molecule has 3 aromatic rings. The lowest BCUT2D eigenvalue weighted by Gasteiger charge is -2.17. The molecule has 1 saturated carbocycles. The fourth-order valence-corrected chi connectivity index (χ4v) is 5.04. The van der Waals surface area contributed by atoms with E-state index < -0.39 is 0 Å². The van der Waals surface area contributed by atoms with Crippen molar-refractivity contribution in [1.29, 1.82) is 0 Å². The van der Waals surface area contributed by atoms with Crippen LogP contribution in [0.4, 0.5) is 5.69 Å². The molecular weight excluding hydrogens is 416 g/mol. The van der Waals surface area contributed by atoms with E-state index in [1.165, 1.54) is 24.6 Å². The number of carbonyl (C=O) groups is 1. The van der Waals surface area contributed by atoms with Crippen molar-refractivity contribution in [2.45, 2.75) is 50.7 Å². The normalized spacial score (nSPS) is 14.2. The Morgan fingerprint density at radius 2 is 1.80 bits per heavy atom. The van der Waals surface area contributed by atoms with Crippen molar-refractivity contribution < 1.29 is 4.79 Å². The standard InChI is InChI=1S/C23H25ClN4OS/c1-15-8-7-9-16(2)21(15)25-20(29)14-30-23-27-26-22(18-12-5-6-13-19(18)24)28(23)17-10-3-4-11-17/h5-9,12-13,17H,3-4,10-11,14H2,1-2H3,(H,25,29). The average molecular weight is 441 g/mol. The molecule has 1 amide bonds. The summed E-state index contributed by atoms with van der Waals surface area (Å²) in [4.78, 5) is 12.6. The first-order valence-electron chi connectivity index (χ1n) is 10.2. The lowest BCUT2D eigenvalue weighted by molar-refractivity contribution is -0.113. The fraction of sp³-hybridized carbons (Fsp3) is 0.348. The highest BCUT2D eigenvalue weighted by Gasteiger charge is 2.26. The van der Waals surface area contributed by atoms with Crippen LogP contribution in [-0.2, 0) is 4.79 Å². The Labute approximate surface area is 186 Å². The summed E-state index contributed by atoms with van der Waals surface area (Å²) in [5.41, 5.74) is 3.88. The lowest BCUT2D eigenvalue weighted by Crippen LogP contribution is -2.16. The van der Waals surface area contributed by atoms with E-state index >= 15 is 0 Å². The number of carbonyl (C=O) groups excluding carboxylic acids is 1. The van der Waals surface area contributed by atoms with E-state index in [0.717, 1.165) is 46.2 Å². The maximum absolute atomic E-state index is 12.6.